The monoisotopic (exact) mass is 453 g/mol. The van der Waals surface area contributed by atoms with Crippen molar-refractivity contribution in [3.8, 4) is 0 Å². The largest absolute Gasteiger partial charge is 0.441 e. The van der Waals surface area contributed by atoms with Crippen molar-refractivity contribution in [2.24, 2.45) is 0 Å². The van der Waals surface area contributed by atoms with Gasteiger partial charge >= 0.3 is 12.1 Å². The first-order valence-corrected chi connectivity index (χ1v) is 10.8. The van der Waals surface area contributed by atoms with Crippen LogP contribution in [0.3, 0.4) is 0 Å². The average Bonchev–Trinajstić information content (AvgIpc) is 3.13. The van der Waals surface area contributed by atoms with Gasteiger partial charge in [0.15, 0.2) is 5.60 Å². The molecule has 170 valence electrons. The number of carbonyl (C=O) groups excluding carboxylic acids is 1. The fraction of sp³-hybridized carbons (Fsp3) is 0.269. The zero-order valence-electron chi connectivity index (χ0n) is 17.8. The van der Waals surface area contributed by atoms with Gasteiger partial charge in [0.05, 0.1) is 24.3 Å². The molecule has 1 saturated heterocycles. The topological polar surface area (TPSA) is 38.8 Å². The number of rotatable bonds is 4. The van der Waals surface area contributed by atoms with Crippen LogP contribution < -0.4 is 0 Å². The van der Waals surface area contributed by atoms with Gasteiger partial charge in [0.2, 0.25) is 0 Å². The SMILES string of the molecule is O=C1OC(c2cccc(C(F)(F)F)c2)(c2ccccc2CN2CCOCC2)c2ccccc21. The fourth-order valence-corrected chi connectivity index (χ4v) is 4.70. The van der Waals surface area contributed by atoms with E-state index >= 15 is 0 Å². The molecule has 1 atom stereocenters. The van der Waals surface area contributed by atoms with E-state index in [1.807, 2.05) is 24.3 Å². The Hall–Kier alpha value is -3.16. The van der Waals surface area contributed by atoms with Gasteiger partial charge in [-0.2, -0.15) is 13.2 Å². The molecular weight excluding hydrogens is 431 g/mol. The molecule has 2 aliphatic rings. The van der Waals surface area contributed by atoms with Gasteiger partial charge in [0, 0.05) is 36.3 Å². The second-order valence-corrected chi connectivity index (χ2v) is 8.24. The zero-order valence-corrected chi connectivity index (χ0v) is 17.8. The van der Waals surface area contributed by atoms with E-state index in [0.717, 1.165) is 30.8 Å². The molecule has 0 aromatic heterocycles. The van der Waals surface area contributed by atoms with E-state index in [1.54, 1.807) is 30.3 Å². The molecule has 0 N–H and O–H groups in total. The van der Waals surface area contributed by atoms with Gasteiger partial charge in [-0.05, 0) is 23.8 Å². The molecular formula is C26H22F3NO3. The van der Waals surface area contributed by atoms with Gasteiger partial charge in [-0.3, -0.25) is 4.90 Å². The lowest BCUT2D eigenvalue weighted by Crippen LogP contribution is -2.37. The first-order chi connectivity index (χ1) is 15.9. The number of benzene rings is 3. The van der Waals surface area contributed by atoms with Crippen molar-refractivity contribution in [1.82, 2.24) is 4.90 Å². The van der Waals surface area contributed by atoms with Crippen LogP contribution in [0.1, 0.15) is 38.2 Å². The van der Waals surface area contributed by atoms with Crippen molar-refractivity contribution in [1.29, 1.82) is 0 Å². The van der Waals surface area contributed by atoms with Gasteiger partial charge in [-0.25, -0.2) is 4.79 Å². The number of esters is 1. The first-order valence-electron chi connectivity index (χ1n) is 10.8. The Kier molecular flexibility index (Phi) is 5.46. The molecule has 7 heteroatoms. The molecule has 1 unspecified atom stereocenters. The third-order valence-corrected chi connectivity index (χ3v) is 6.26. The summed E-state index contributed by atoms with van der Waals surface area (Å²) in [5, 5.41) is 0. The molecule has 1 fully saturated rings. The number of ether oxygens (including phenoxy) is 2. The highest BCUT2D eigenvalue weighted by Gasteiger charge is 2.50. The standard InChI is InChI=1S/C26H22F3NO3/c27-26(28,29)20-8-5-7-19(16-20)25(23-11-4-2-9-21(23)24(31)33-25)22-10-3-1-6-18(22)17-30-12-14-32-15-13-30/h1-11,16H,12-15,17H2. The maximum absolute atomic E-state index is 13.6. The molecule has 0 amide bonds. The molecule has 2 aliphatic heterocycles. The molecule has 4 nitrogen and oxygen atoms in total. The third kappa shape index (κ3) is 3.81. The van der Waals surface area contributed by atoms with E-state index in [1.165, 1.54) is 6.07 Å². The van der Waals surface area contributed by atoms with E-state index in [2.05, 4.69) is 4.90 Å². The molecule has 0 spiro atoms. The van der Waals surface area contributed by atoms with Gasteiger partial charge < -0.3 is 9.47 Å². The van der Waals surface area contributed by atoms with Crippen LogP contribution in [0, 0.1) is 0 Å². The molecule has 2 heterocycles. The Bertz CT molecular complexity index is 1190. The summed E-state index contributed by atoms with van der Waals surface area (Å²) in [5.74, 6) is -0.552. The summed E-state index contributed by atoms with van der Waals surface area (Å²) < 4.78 is 52.3. The lowest BCUT2D eigenvalue weighted by Gasteiger charge is -2.34. The number of alkyl halides is 3. The smallest absolute Gasteiger partial charge is 0.416 e. The number of halogens is 3. The quantitative estimate of drug-likeness (QED) is 0.522. The number of cyclic esters (lactones) is 1. The lowest BCUT2D eigenvalue weighted by molar-refractivity contribution is -0.137. The van der Waals surface area contributed by atoms with Gasteiger partial charge in [0.1, 0.15) is 0 Å². The Balaban J connectivity index is 1.72. The molecule has 5 rings (SSSR count). The Morgan fingerprint density at radius 1 is 0.879 bits per heavy atom. The Morgan fingerprint density at radius 2 is 1.58 bits per heavy atom. The molecule has 33 heavy (non-hydrogen) atoms. The van der Waals surface area contributed by atoms with Gasteiger partial charge in [0.25, 0.3) is 0 Å². The average molecular weight is 453 g/mol. The van der Waals surface area contributed by atoms with Crippen molar-refractivity contribution < 1.29 is 27.4 Å². The summed E-state index contributed by atoms with van der Waals surface area (Å²) >= 11 is 0. The van der Waals surface area contributed by atoms with Crippen molar-refractivity contribution in [2.45, 2.75) is 18.3 Å². The second-order valence-electron chi connectivity index (χ2n) is 8.24. The zero-order chi connectivity index (χ0) is 23.1. The summed E-state index contributed by atoms with van der Waals surface area (Å²) in [5.41, 5.74) is 0.462. The Labute approximate surface area is 189 Å². The molecule has 3 aromatic rings. The minimum absolute atomic E-state index is 0.269. The molecule has 0 saturated carbocycles. The van der Waals surface area contributed by atoms with Crippen LogP contribution in [0.4, 0.5) is 13.2 Å². The molecule has 3 aromatic carbocycles. The summed E-state index contributed by atoms with van der Waals surface area (Å²) in [6.07, 6.45) is -4.52. The number of hydrogen-bond donors (Lipinski definition) is 0. The van der Waals surface area contributed by atoms with E-state index in [-0.39, 0.29) is 5.56 Å². The number of hydrogen-bond acceptors (Lipinski definition) is 4. The van der Waals surface area contributed by atoms with Crippen LogP contribution in [0.15, 0.2) is 72.8 Å². The van der Waals surface area contributed by atoms with Crippen LogP contribution in [-0.4, -0.2) is 37.2 Å². The highest BCUT2D eigenvalue weighted by Crippen LogP contribution is 2.49. The van der Waals surface area contributed by atoms with Crippen LogP contribution in [0.25, 0.3) is 0 Å². The van der Waals surface area contributed by atoms with Crippen LogP contribution in [0.2, 0.25) is 0 Å². The summed E-state index contributed by atoms with van der Waals surface area (Å²) in [7, 11) is 0. The van der Waals surface area contributed by atoms with Crippen LogP contribution in [-0.2, 0) is 27.8 Å². The minimum Gasteiger partial charge on any atom is -0.441 e. The maximum Gasteiger partial charge on any atom is 0.416 e. The van der Waals surface area contributed by atoms with Crippen molar-refractivity contribution >= 4 is 5.97 Å². The van der Waals surface area contributed by atoms with Crippen molar-refractivity contribution in [2.75, 3.05) is 26.3 Å². The highest BCUT2D eigenvalue weighted by atomic mass is 19.4. The van der Waals surface area contributed by atoms with E-state index in [0.29, 0.717) is 36.4 Å². The number of fused-ring (bicyclic) bond motifs is 1. The first kappa shape index (κ1) is 21.7. The molecule has 0 aliphatic carbocycles. The summed E-state index contributed by atoms with van der Waals surface area (Å²) in [4.78, 5) is 15.2. The fourth-order valence-electron chi connectivity index (χ4n) is 4.70. The van der Waals surface area contributed by atoms with Crippen LogP contribution >= 0.6 is 0 Å². The predicted molar refractivity (Wildman–Crippen MR) is 116 cm³/mol. The lowest BCUT2D eigenvalue weighted by atomic mass is 9.77. The van der Waals surface area contributed by atoms with Crippen LogP contribution in [0.5, 0.6) is 0 Å². The minimum atomic E-state index is -4.52. The van der Waals surface area contributed by atoms with E-state index < -0.39 is 23.3 Å². The summed E-state index contributed by atoms with van der Waals surface area (Å²) in [6, 6.07) is 19.5. The van der Waals surface area contributed by atoms with Crippen molar-refractivity contribution in [3.63, 3.8) is 0 Å². The second kappa shape index (κ2) is 8.32. The normalized spacial score (nSPS) is 21.0. The van der Waals surface area contributed by atoms with Crippen molar-refractivity contribution in [3.05, 3.63) is 106 Å². The van der Waals surface area contributed by atoms with E-state index in [9.17, 15) is 18.0 Å². The maximum atomic E-state index is 13.6. The highest BCUT2D eigenvalue weighted by molar-refractivity contribution is 5.96. The summed E-state index contributed by atoms with van der Waals surface area (Å²) in [6.45, 7) is 3.32. The van der Waals surface area contributed by atoms with Gasteiger partial charge in [-0.1, -0.05) is 54.6 Å². The van der Waals surface area contributed by atoms with E-state index in [4.69, 9.17) is 9.47 Å². The number of nitrogens with zero attached hydrogens (tertiary/aromatic N) is 1. The number of morpholine rings is 1. The Morgan fingerprint density at radius 3 is 2.33 bits per heavy atom. The predicted octanol–water partition coefficient (Wildman–Crippen LogP) is 5.00. The van der Waals surface area contributed by atoms with Gasteiger partial charge in [-0.15, -0.1) is 0 Å². The molecule has 0 radical (unpaired) electrons. The number of carbonyl (C=O) groups is 1. The molecule has 0 bridgehead atoms. The third-order valence-electron chi connectivity index (χ3n) is 6.26.